The molecule has 3 rings (SSSR count). The van der Waals surface area contributed by atoms with Gasteiger partial charge in [0.1, 0.15) is 0 Å². The second-order valence-electron chi connectivity index (χ2n) is 6.44. The average Bonchev–Trinajstić information content (AvgIpc) is 3.08. The van der Waals surface area contributed by atoms with E-state index >= 15 is 0 Å². The van der Waals surface area contributed by atoms with Crippen molar-refractivity contribution in [2.75, 3.05) is 20.1 Å². The van der Waals surface area contributed by atoms with Gasteiger partial charge in [-0.05, 0) is 50.9 Å². The van der Waals surface area contributed by atoms with Gasteiger partial charge in [0.15, 0.2) is 0 Å². The zero-order valence-electron chi connectivity index (χ0n) is 13.0. The van der Waals surface area contributed by atoms with Crippen LogP contribution in [0.25, 0.3) is 0 Å². The molecule has 1 amide bonds. The SMILES string of the molecule is CN(C(=O)c1ccccc1)[C@@H]1CCCC[C@H]1N1CCCC1. The minimum atomic E-state index is 0.173. The molecule has 1 saturated carbocycles. The highest BCUT2D eigenvalue weighted by Gasteiger charge is 2.35. The van der Waals surface area contributed by atoms with Crippen molar-refractivity contribution in [1.82, 2.24) is 9.80 Å². The van der Waals surface area contributed by atoms with Gasteiger partial charge in [-0.2, -0.15) is 0 Å². The van der Waals surface area contributed by atoms with Gasteiger partial charge in [0.05, 0.1) is 0 Å². The Balaban J connectivity index is 1.74. The predicted octanol–water partition coefficient (Wildman–Crippen LogP) is 3.17. The van der Waals surface area contributed by atoms with Crippen LogP contribution in [0.4, 0.5) is 0 Å². The first kappa shape index (κ1) is 14.6. The lowest BCUT2D eigenvalue weighted by atomic mass is 9.88. The van der Waals surface area contributed by atoms with Crippen molar-refractivity contribution in [2.45, 2.75) is 50.6 Å². The number of nitrogens with zero attached hydrogens (tertiary/aromatic N) is 2. The molecule has 1 aromatic carbocycles. The van der Waals surface area contributed by atoms with Gasteiger partial charge in [0, 0.05) is 24.7 Å². The van der Waals surface area contributed by atoms with Crippen molar-refractivity contribution in [1.29, 1.82) is 0 Å². The van der Waals surface area contributed by atoms with Crippen LogP contribution in [0.3, 0.4) is 0 Å². The first-order valence-corrected chi connectivity index (χ1v) is 8.33. The maximum atomic E-state index is 12.7. The predicted molar refractivity (Wildman–Crippen MR) is 85.4 cm³/mol. The van der Waals surface area contributed by atoms with Crippen LogP contribution < -0.4 is 0 Å². The molecule has 2 atom stereocenters. The van der Waals surface area contributed by atoms with E-state index < -0.39 is 0 Å². The molecule has 3 nitrogen and oxygen atoms in total. The Labute approximate surface area is 127 Å². The summed E-state index contributed by atoms with van der Waals surface area (Å²) in [4.78, 5) is 17.3. The number of likely N-dealkylation sites (tertiary alicyclic amines) is 1. The highest BCUT2D eigenvalue weighted by Crippen LogP contribution is 2.29. The molecule has 0 N–H and O–H groups in total. The summed E-state index contributed by atoms with van der Waals surface area (Å²) in [7, 11) is 1.99. The maximum Gasteiger partial charge on any atom is 0.253 e. The third kappa shape index (κ3) is 3.13. The molecule has 0 unspecified atom stereocenters. The van der Waals surface area contributed by atoms with E-state index in [9.17, 15) is 4.79 Å². The number of benzene rings is 1. The quantitative estimate of drug-likeness (QED) is 0.852. The maximum absolute atomic E-state index is 12.7. The monoisotopic (exact) mass is 286 g/mol. The molecule has 0 spiro atoms. The highest BCUT2D eigenvalue weighted by molar-refractivity contribution is 5.94. The molecule has 3 heteroatoms. The second kappa shape index (κ2) is 6.61. The summed E-state index contributed by atoms with van der Waals surface area (Å²) in [5.74, 6) is 0.173. The molecule has 0 bridgehead atoms. The molecule has 21 heavy (non-hydrogen) atoms. The summed E-state index contributed by atoms with van der Waals surface area (Å²) in [5.41, 5.74) is 0.811. The summed E-state index contributed by atoms with van der Waals surface area (Å²) in [5, 5.41) is 0. The minimum absolute atomic E-state index is 0.173. The third-order valence-electron chi connectivity index (χ3n) is 5.14. The standard InChI is InChI=1S/C18H26N2O/c1-19(18(21)15-9-3-2-4-10-15)16-11-5-6-12-17(16)20-13-7-8-14-20/h2-4,9-10,16-17H,5-8,11-14H2,1H3/t16-,17-/m1/s1. The van der Waals surface area contributed by atoms with Gasteiger partial charge < -0.3 is 4.90 Å². The van der Waals surface area contributed by atoms with Crippen LogP contribution >= 0.6 is 0 Å². The van der Waals surface area contributed by atoms with Crippen molar-refractivity contribution in [3.05, 3.63) is 35.9 Å². The van der Waals surface area contributed by atoms with Crippen molar-refractivity contribution in [3.8, 4) is 0 Å². The normalized spacial score (nSPS) is 26.7. The van der Waals surface area contributed by atoms with E-state index in [4.69, 9.17) is 0 Å². The van der Waals surface area contributed by atoms with Crippen LogP contribution in [0.1, 0.15) is 48.9 Å². The number of hydrogen-bond acceptors (Lipinski definition) is 2. The molecule has 114 valence electrons. The number of carbonyl (C=O) groups is 1. The van der Waals surface area contributed by atoms with E-state index in [1.165, 1.54) is 45.2 Å². The lowest BCUT2D eigenvalue weighted by Crippen LogP contribution is -2.53. The fourth-order valence-electron chi connectivity index (χ4n) is 3.98. The second-order valence-corrected chi connectivity index (χ2v) is 6.44. The Morgan fingerprint density at radius 2 is 1.71 bits per heavy atom. The van der Waals surface area contributed by atoms with Crippen molar-refractivity contribution in [2.24, 2.45) is 0 Å². The fraction of sp³-hybridized carbons (Fsp3) is 0.611. The minimum Gasteiger partial charge on any atom is -0.337 e. The van der Waals surface area contributed by atoms with E-state index in [-0.39, 0.29) is 5.91 Å². The average molecular weight is 286 g/mol. The van der Waals surface area contributed by atoms with Crippen LogP contribution in [0.15, 0.2) is 30.3 Å². The Bertz CT molecular complexity index is 467. The topological polar surface area (TPSA) is 23.6 Å². The summed E-state index contributed by atoms with van der Waals surface area (Å²) >= 11 is 0. The van der Waals surface area contributed by atoms with Crippen molar-refractivity contribution >= 4 is 5.91 Å². The van der Waals surface area contributed by atoms with Gasteiger partial charge in [-0.3, -0.25) is 9.69 Å². The molecule has 1 saturated heterocycles. The Morgan fingerprint density at radius 1 is 1.05 bits per heavy atom. The molecule has 1 heterocycles. The molecule has 2 fully saturated rings. The number of rotatable bonds is 3. The fourth-order valence-corrected chi connectivity index (χ4v) is 3.98. The molecule has 0 radical (unpaired) electrons. The molecule has 1 aliphatic heterocycles. The van der Waals surface area contributed by atoms with Crippen LogP contribution in [-0.2, 0) is 0 Å². The van der Waals surface area contributed by atoms with Gasteiger partial charge in [0.2, 0.25) is 0 Å². The van der Waals surface area contributed by atoms with Gasteiger partial charge in [0.25, 0.3) is 5.91 Å². The van der Waals surface area contributed by atoms with Crippen LogP contribution in [-0.4, -0.2) is 47.9 Å². The van der Waals surface area contributed by atoms with Crippen LogP contribution in [0, 0.1) is 0 Å². The van der Waals surface area contributed by atoms with E-state index in [0.717, 1.165) is 12.0 Å². The van der Waals surface area contributed by atoms with E-state index in [1.807, 2.05) is 42.3 Å². The van der Waals surface area contributed by atoms with E-state index in [1.54, 1.807) is 0 Å². The molecular weight excluding hydrogens is 260 g/mol. The molecule has 2 aliphatic rings. The Hall–Kier alpha value is -1.35. The van der Waals surface area contributed by atoms with Gasteiger partial charge in [-0.1, -0.05) is 31.0 Å². The zero-order valence-corrected chi connectivity index (χ0v) is 13.0. The highest BCUT2D eigenvalue weighted by atomic mass is 16.2. The summed E-state index contributed by atoms with van der Waals surface area (Å²) in [6.07, 6.45) is 7.60. The zero-order chi connectivity index (χ0) is 14.7. The summed E-state index contributed by atoms with van der Waals surface area (Å²) in [6.45, 7) is 2.43. The van der Waals surface area contributed by atoms with Crippen molar-refractivity contribution < 1.29 is 4.79 Å². The number of amides is 1. The Morgan fingerprint density at radius 3 is 2.43 bits per heavy atom. The third-order valence-corrected chi connectivity index (χ3v) is 5.14. The first-order chi connectivity index (χ1) is 10.3. The lowest BCUT2D eigenvalue weighted by molar-refractivity contribution is 0.0496. The first-order valence-electron chi connectivity index (χ1n) is 8.33. The van der Waals surface area contributed by atoms with Gasteiger partial charge in [-0.25, -0.2) is 0 Å². The molecular formula is C18H26N2O. The largest absolute Gasteiger partial charge is 0.337 e. The number of likely N-dealkylation sites (N-methyl/N-ethyl adjacent to an activating group) is 1. The molecule has 1 aliphatic carbocycles. The molecule has 0 aromatic heterocycles. The summed E-state index contributed by atoms with van der Waals surface area (Å²) in [6, 6.07) is 10.6. The van der Waals surface area contributed by atoms with E-state index in [0.29, 0.717) is 12.1 Å². The number of hydrogen-bond donors (Lipinski definition) is 0. The van der Waals surface area contributed by atoms with Crippen LogP contribution in [0.5, 0.6) is 0 Å². The Kier molecular flexibility index (Phi) is 4.59. The number of carbonyl (C=O) groups excluding carboxylic acids is 1. The van der Waals surface area contributed by atoms with Crippen LogP contribution in [0.2, 0.25) is 0 Å². The lowest BCUT2D eigenvalue weighted by Gasteiger charge is -2.42. The van der Waals surface area contributed by atoms with Gasteiger partial charge in [-0.15, -0.1) is 0 Å². The smallest absolute Gasteiger partial charge is 0.253 e. The summed E-state index contributed by atoms with van der Waals surface area (Å²) < 4.78 is 0. The van der Waals surface area contributed by atoms with E-state index in [2.05, 4.69) is 4.90 Å². The van der Waals surface area contributed by atoms with Gasteiger partial charge >= 0.3 is 0 Å². The molecule has 1 aromatic rings. The van der Waals surface area contributed by atoms with Crippen molar-refractivity contribution in [3.63, 3.8) is 0 Å².